The van der Waals surface area contributed by atoms with Crippen LogP contribution in [0.1, 0.15) is 38.5 Å². The van der Waals surface area contributed by atoms with Crippen LogP contribution in [0.25, 0.3) is 0 Å². The molecule has 0 amide bonds. The molecule has 1 aliphatic heterocycles. The second kappa shape index (κ2) is 5.86. The van der Waals surface area contributed by atoms with Crippen molar-refractivity contribution in [3.8, 4) is 0 Å². The highest BCUT2D eigenvalue weighted by atomic mass is 16.5. The van der Waals surface area contributed by atoms with E-state index in [0.717, 1.165) is 24.4 Å². The van der Waals surface area contributed by atoms with Crippen LogP contribution in [0.3, 0.4) is 0 Å². The van der Waals surface area contributed by atoms with Gasteiger partial charge in [-0.1, -0.05) is 0 Å². The lowest BCUT2D eigenvalue weighted by molar-refractivity contribution is 0.146. The summed E-state index contributed by atoms with van der Waals surface area (Å²) >= 11 is 0. The highest BCUT2D eigenvalue weighted by Crippen LogP contribution is 2.44. The van der Waals surface area contributed by atoms with Gasteiger partial charge < -0.3 is 10.1 Å². The number of rotatable bonds is 5. The molecule has 2 aliphatic rings. The van der Waals surface area contributed by atoms with Crippen molar-refractivity contribution < 1.29 is 4.74 Å². The third-order valence-electron chi connectivity index (χ3n) is 4.11. The number of hydrogen-bond acceptors (Lipinski definition) is 2. The molecule has 0 radical (unpaired) electrons. The van der Waals surface area contributed by atoms with Crippen LogP contribution in [-0.4, -0.2) is 26.8 Å². The predicted octanol–water partition coefficient (Wildman–Crippen LogP) is 2.44. The molecule has 1 aliphatic carbocycles. The largest absolute Gasteiger partial charge is 0.385 e. The molecular weight excluding hydrogens is 186 g/mol. The van der Waals surface area contributed by atoms with Crippen molar-refractivity contribution in [2.75, 3.05) is 26.8 Å². The van der Waals surface area contributed by atoms with Crippen molar-refractivity contribution >= 4 is 0 Å². The molecule has 1 heterocycles. The lowest BCUT2D eigenvalue weighted by Crippen LogP contribution is -2.20. The Morgan fingerprint density at radius 2 is 1.93 bits per heavy atom. The quantitative estimate of drug-likeness (QED) is 0.754. The number of hydrogen-bond donors (Lipinski definition) is 1. The summed E-state index contributed by atoms with van der Waals surface area (Å²) in [5, 5.41) is 3.52. The van der Waals surface area contributed by atoms with Crippen molar-refractivity contribution in [3.05, 3.63) is 0 Å². The van der Waals surface area contributed by atoms with E-state index in [4.69, 9.17) is 4.74 Å². The zero-order valence-corrected chi connectivity index (χ0v) is 10.0. The van der Waals surface area contributed by atoms with Crippen LogP contribution in [0.2, 0.25) is 0 Å². The second-order valence-corrected chi connectivity index (χ2v) is 5.22. The maximum absolute atomic E-state index is 5.26. The smallest absolute Gasteiger partial charge is 0.0465 e. The van der Waals surface area contributed by atoms with Gasteiger partial charge in [0, 0.05) is 13.7 Å². The van der Waals surface area contributed by atoms with Gasteiger partial charge in [-0.25, -0.2) is 0 Å². The molecule has 1 N–H and O–H groups in total. The summed E-state index contributed by atoms with van der Waals surface area (Å²) in [6.45, 7) is 3.43. The van der Waals surface area contributed by atoms with Crippen LogP contribution in [-0.2, 0) is 4.74 Å². The number of ether oxygens (including phenoxy) is 1. The molecule has 0 bridgehead atoms. The van der Waals surface area contributed by atoms with Crippen molar-refractivity contribution in [1.29, 1.82) is 0 Å². The van der Waals surface area contributed by atoms with E-state index in [-0.39, 0.29) is 0 Å². The first-order valence-corrected chi connectivity index (χ1v) is 6.61. The summed E-state index contributed by atoms with van der Waals surface area (Å²) in [6.07, 6.45) is 8.48. The third-order valence-corrected chi connectivity index (χ3v) is 4.11. The monoisotopic (exact) mass is 211 g/mol. The van der Waals surface area contributed by atoms with Gasteiger partial charge in [0.25, 0.3) is 0 Å². The summed E-state index contributed by atoms with van der Waals surface area (Å²) in [4.78, 5) is 0. The van der Waals surface area contributed by atoms with E-state index >= 15 is 0 Å². The molecule has 1 saturated heterocycles. The lowest BCUT2D eigenvalue weighted by Gasteiger charge is -2.25. The van der Waals surface area contributed by atoms with E-state index in [0.29, 0.717) is 0 Å². The third kappa shape index (κ3) is 3.46. The maximum atomic E-state index is 5.26. The molecule has 2 atom stereocenters. The van der Waals surface area contributed by atoms with Crippen LogP contribution in [0.4, 0.5) is 0 Å². The minimum atomic E-state index is 0.963. The van der Waals surface area contributed by atoms with E-state index in [1.165, 1.54) is 51.6 Å². The molecule has 2 nitrogen and oxygen atoms in total. The molecule has 2 unspecified atom stereocenters. The van der Waals surface area contributed by atoms with E-state index in [9.17, 15) is 0 Å². The standard InChI is InChI=1S/C13H25NO/c1-15-10-7-13(12-4-5-12)11-3-2-8-14-9-6-11/h11-14H,2-10H2,1H3. The van der Waals surface area contributed by atoms with Crippen molar-refractivity contribution in [2.45, 2.75) is 38.5 Å². The molecule has 88 valence electrons. The topological polar surface area (TPSA) is 21.3 Å². The average Bonchev–Trinajstić information content (AvgIpc) is 3.05. The summed E-state index contributed by atoms with van der Waals surface area (Å²) in [7, 11) is 1.83. The number of nitrogens with one attached hydrogen (secondary N) is 1. The summed E-state index contributed by atoms with van der Waals surface area (Å²) < 4.78 is 5.26. The zero-order chi connectivity index (χ0) is 10.5. The van der Waals surface area contributed by atoms with Crippen LogP contribution >= 0.6 is 0 Å². The molecule has 1 saturated carbocycles. The van der Waals surface area contributed by atoms with Crippen LogP contribution < -0.4 is 5.32 Å². The highest BCUT2D eigenvalue weighted by molar-refractivity contribution is 4.86. The normalized spacial score (nSPS) is 29.8. The minimum Gasteiger partial charge on any atom is -0.385 e. The second-order valence-electron chi connectivity index (χ2n) is 5.22. The Morgan fingerprint density at radius 1 is 1.13 bits per heavy atom. The van der Waals surface area contributed by atoms with Crippen LogP contribution in [0.5, 0.6) is 0 Å². The number of methoxy groups -OCH3 is 1. The van der Waals surface area contributed by atoms with Gasteiger partial charge in [0.1, 0.15) is 0 Å². The van der Waals surface area contributed by atoms with Crippen molar-refractivity contribution in [3.63, 3.8) is 0 Å². The van der Waals surface area contributed by atoms with Gasteiger partial charge in [-0.15, -0.1) is 0 Å². The Balaban J connectivity index is 1.83. The fourth-order valence-electron chi connectivity index (χ4n) is 3.11. The van der Waals surface area contributed by atoms with E-state index in [1.807, 2.05) is 7.11 Å². The molecule has 2 fully saturated rings. The van der Waals surface area contributed by atoms with E-state index in [2.05, 4.69) is 5.32 Å². The maximum Gasteiger partial charge on any atom is 0.0465 e. The summed E-state index contributed by atoms with van der Waals surface area (Å²) in [5.41, 5.74) is 0. The Morgan fingerprint density at radius 3 is 2.67 bits per heavy atom. The van der Waals surface area contributed by atoms with E-state index < -0.39 is 0 Å². The van der Waals surface area contributed by atoms with Crippen LogP contribution in [0.15, 0.2) is 0 Å². The van der Waals surface area contributed by atoms with Gasteiger partial charge in [-0.05, 0) is 69.4 Å². The van der Waals surface area contributed by atoms with Gasteiger partial charge >= 0.3 is 0 Å². The molecule has 2 heteroatoms. The first kappa shape index (κ1) is 11.4. The molecule has 15 heavy (non-hydrogen) atoms. The first-order chi connectivity index (χ1) is 7.42. The Labute approximate surface area is 93.8 Å². The zero-order valence-electron chi connectivity index (χ0n) is 10.0. The van der Waals surface area contributed by atoms with Gasteiger partial charge in [-0.2, -0.15) is 0 Å². The average molecular weight is 211 g/mol. The SMILES string of the molecule is COCCC(C1CCCNCC1)C1CC1. The van der Waals surface area contributed by atoms with Crippen molar-refractivity contribution in [1.82, 2.24) is 5.32 Å². The van der Waals surface area contributed by atoms with Gasteiger partial charge in [0.2, 0.25) is 0 Å². The molecular formula is C13H25NO. The summed E-state index contributed by atoms with van der Waals surface area (Å²) in [6, 6.07) is 0. The minimum absolute atomic E-state index is 0.963. The molecule has 0 spiro atoms. The molecule has 0 aromatic carbocycles. The lowest BCUT2D eigenvalue weighted by atomic mass is 9.81. The van der Waals surface area contributed by atoms with Gasteiger partial charge in [-0.3, -0.25) is 0 Å². The van der Waals surface area contributed by atoms with Gasteiger partial charge in [0.15, 0.2) is 0 Å². The Hall–Kier alpha value is -0.0800. The fraction of sp³-hybridized carbons (Fsp3) is 1.00. The van der Waals surface area contributed by atoms with Gasteiger partial charge in [0.05, 0.1) is 0 Å². The molecule has 2 rings (SSSR count). The molecule has 0 aromatic rings. The summed E-state index contributed by atoms with van der Waals surface area (Å²) in [5.74, 6) is 2.98. The molecule has 0 aromatic heterocycles. The highest BCUT2D eigenvalue weighted by Gasteiger charge is 2.35. The van der Waals surface area contributed by atoms with Crippen molar-refractivity contribution in [2.24, 2.45) is 17.8 Å². The Kier molecular flexibility index (Phi) is 4.45. The van der Waals surface area contributed by atoms with E-state index in [1.54, 1.807) is 0 Å². The fourth-order valence-corrected chi connectivity index (χ4v) is 3.11. The first-order valence-electron chi connectivity index (χ1n) is 6.61. The van der Waals surface area contributed by atoms with Crippen LogP contribution in [0, 0.1) is 17.8 Å². The Bertz CT molecular complexity index is 171. The predicted molar refractivity (Wildman–Crippen MR) is 62.9 cm³/mol.